The lowest BCUT2D eigenvalue weighted by Gasteiger charge is -2.06. The maximum atomic E-state index is 12.5. The number of rotatable bonds is 6. The molecule has 2 N–H and O–H groups in total. The van der Waals surface area contributed by atoms with E-state index in [2.05, 4.69) is 33.8 Å². The van der Waals surface area contributed by atoms with Crippen LogP contribution in [0.4, 0.5) is 5.82 Å². The van der Waals surface area contributed by atoms with Crippen molar-refractivity contribution < 1.29 is 8.42 Å². The summed E-state index contributed by atoms with van der Waals surface area (Å²) in [4.78, 5) is 4.32. The van der Waals surface area contributed by atoms with Gasteiger partial charge in [0.2, 0.25) is 0 Å². The van der Waals surface area contributed by atoms with Crippen LogP contribution in [0.1, 0.15) is 38.3 Å². The first-order chi connectivity index (χ1) is 11.5. The quantitative estimate of drug-likeness (QED) is 0.714. The van der Waals surface area contributed by atoms with Crippen LogP contribution in [0.3, 0.4) is 0 Å². The van der Waals surface area contributed by atoms with Gasteiger partial charge in [0.25, 0.3) is 10.0 Å². The number of nitrogens with one attached hydrogen (secondary N) is 2. The van der Waals surface area contributed by atoms with Crippen molar-refractivity contribution in [3.8, 4) is 0 Å². The van der Waals surface area contributed by atoms with Crippen molar-refractivity contribution in [2.24, 2.45) is 0 Å². The van der Waals surface area contributed by atoms with Crippen LogP contribution in [-0.4, -0.2) is 23.6 Å². The number of hydrogen-bond acceptors (Lipinski definition) is 4. The number of pyridine rings is 1. The summed E-state index contributed by atoms with van der Waals surface area (Å²) >= 11 is 0. The van der Waals surface area contributed by atoms with Crippen LogP contribution in [0, 0.1) is 0 Å². The maximum Gasteiger partial charge on any atom is 0.264 e. The van der Waals surface area contributed by atoms with E-state index in [0.29, 0.717) is 11.7 Å². The van der Waals surface area contributed by atoms with Gasteiger partial charge in [0.15, 0.2) is 5.82 Å². The van der Waals surface area contributed by atoms with Crippen molar-refractivity contribution in [1.29, 1.82) is 0 Å². The lowest BCUT2D eigenvalue weighted by molar-refractivity contribution is 0.601. The Morgan fingerprint density at radius 1 is 1.25 bits per heavy atom. The highest BCUT2D eigenvalue weighted by atomic mass is 32.2. The molecule has 0 radical (unpaired) electrons. The third-order valence-electron chi connectivity index (χ3n) is 3.96. The number of anilines is 1. The minimum Gasteiger partial charge on any atom is -0.280 e. The van der Waals surface area contributed by atoms with Crippen molar-refractivity contribution >= 4 is 26.7 Å². The predicted octanol–water partition coefficient (Wildman–Crippen LogP) is 3.66. The summed E-state index contributed by atoms with van der Waals surface area (Å²) in [5.41, 5.74) is 1.68. The number of H-pyrrole nitrogens is 1. The van der Waals surface area contributed by atoms with Gasteiger partial charge < -0.3 is 0 Å². The van der Waals surface area contributed by atoms with Crippen molar-refractivity contribution in [3.63, 3.8) is 0 Å². The van der Waals surface area contributed by atoms with Crippen LogP contribution in [-0.2, 0) is 10.0 Å². The summed E-state index contributed by atoms with van der Waals surface area (Å²) in [6.07, 6.45) is 3.44. The van der Waals surface area contributed by atoms with E-state index in [-0.39, 0.29) is 4.90 Å². The van der Waals surface area contributed by atoms with Crippen LogP contribution in [0.25, 0.3) is 10.9 Å². The molecule has 0 amide bonds. The zero-order valence-electron chi connectivity index (χ0n) is 13.7. The summed E-state index contributed by atoms with van der Waals surface area (Å²) in [5, 5.41) is 7.74. The van der Waals surface area contributed by atoms with Gasteiger partial charge >= 0.3 is 0 Å². The largest absolute Gasteiger partial charge is 0.280 e. The third-order valence-corrected chi connectivity index (χ3v) is 5.29. The second-order valence-corrected chi connectivity index (χ2v) is 7.55. The molecule has 7 heteroatoms. The molecule has 24 heavy (non-hydrogen) atoms. The molecule has 0 aliphatic rings. The Bertz CT molecular complexity index is 950. The molecular weight excluding hydrogens is 324 g/mol. The third kappa shape index (κ3) is 3.41. The standard InChI is InChI=1S/C17H20N4O2S/c1-3-6-12(2)16-10-17(20-19-16)21-24(22,23)14-9-13-7-4-5-8-15(13)18-11-14/h4-5,7-12H,3,6H2,1-2H3,(H2,19,20,21)/t12-/m0/s1. The molecule has 2 aromatic heterocycles. The number of sulfonamides is 1. The van der Waals surface area contributed by atoms with Gasteiger partial charge in [-0.3, -0.25) is 14.8 Å². The topological polar surface area (TPSA) is 87.7 Å². The summed E-state index contributed by atoms with van der Waals surface area (Å²) in [6.45, 7) is 4.20. The van der Waals surface area contributed by atoms with E-state index < -0.39 is 10.0 Å². The van der Waals surface area contributed by atoms with E-state index in [9.17, 15) is 8.42 Å². The first kappa shape index (κ1) is 16.4. The van der Waals surface area contributed by atoms with Crippen molar-refractivity contribution in [1.82, 2.24) is 15.2 Å². The lowest BCUT2D eigenvalue weighted by Crippen LogP contribution is -2.13. The van der Waals surface area contributed by atoms with E-state index in [1.807, 2.05) is 24.3 Å². The maximum absolute atomic E-state index is 12.5. The first-order valence-corrected chi connectivity index (χ1v) is 9.41. The number of para-hydroxylation sites is 1. The Hall–Kier alpha value is -2.41. The summed E-state index contributed by atoms with van der Waals surface area (Å²) < 4.78 is 27.6. The van der Waals surface area contributed by atoms with Gasteiger partial charge in [0.05, 0.1) is 5.52 Å². The van der Waals surface area contributed by atoms with Crippen molar-refractivity contribution in [2.45, 2.75) is 37.5 Å². The molecule has 126 valence electrons. The molecule has 2 heterocycles. The Morgan fingerprint density at radius 2 is 2.04 bits per heavy atom. The molecule has 3 rings (SSSR count). The average Bonchev–Trinajstić information content (AvgIpc) is 3.02. The number of benzene rings is 1. The van der Waals surface area contributed by atoms with Gasteiger partial charge in [-0.1, -0.05) is 38.5 Å². The van der Waals surface area contributed by atoms with Gasteiger partial charge in [-0.15, -0.1) is 0 Å². The fourth-order valence-electron chi connectivity index (χ4n) is 2.62. The second kappa shape index (κ2) is 6.60. The minimum atomic E-state index is -3.72. The highest BCUT2D eigenvalue weighted by molar-refractivity contribution is 7.92. The van der Waals surface area contributed by atoms with Crippen LogP contribution in [0.5, 0.6) is 0 Å². The van der Waals surface area contributed by atoms with E-state index in [1.165, 1.54) is 6.20 Å². The zero-order chi connectivity index (χ0) is 17.2. The Balaban J connectivity index is 1.85. The molecule has 3 aromatic rings. The Morgan fingerprint density at radius 3 is 2.83 bits per heavy atom. The van der Waals surface area contributed by atoms with Crippen LogP contribution >= 0.6 is 0 Å². The number of hydrogen-bond donors (Lipinski definition) is 2. The first-order valence-electron chi connectivity index (χ1n) is 7.92. The molecule has 0 aliphatic carbocycles. The molecule has 0 unspecified atom stereocenters. The summed E-state index contributed by atoms with van der Waals surface area (Å²) in [5.74, 6) is 0.601. The van der Waals surface area contributed by atoms with Crippen LogP contribution < -0.4 is 4.72 Å². The molecule has 1 aromatic carbocycles. The monoisotopic (exact) mass is 344 g/mol. The molecule has 0 bridgehead atoms. The number of fused-ring (bicyclic) bond motifs is 1. The predicted molar refractivity (Wildman–Crippen MR) is 94.5 cm³/mol. The Kier molecular flexibility index (Phi) is 4.53. The van der Waals surface area contributed by atoms with Gasteiger partial charge in [-0.25, -0.2) is 8.42 Å². The molecule has 0 aliphatic heterocycles. The number of aromatic amines is 1. The van der Waals surface area contributed by atoms with Gasteiger partial charge in [-0.05, 0) is 24.5 Å². The minimum absolute atomic E-state index is 0.118. The second-order valence-electron chi connectivity index (χ2n) is 5.87. The molecule has 0 saturated heterocycles. The van der Waals surface area contributed by atoms with Gasteiger partial charge in [0.1, 0.15) is 4.90 Å². The summed E-state index contributed by atoms with van der Waals surface area (Å²) in [7, 11) is -3.72. The fourth-order valence-corrected chi connectivity index (χ4v) is 3.60. The van der Waals surface area contributed by atoms with Crippen molar-refractivity contribution in [2.75, 3.05) is 4.72 Å². The fraction of sp³-hybridized carbons (Fsp3) is 0.294. The van der Waals surface area contributed by atoms with E-state index in [0.717, 1.165) is 29.4 Å². The van der Waals surface area contributed by atoms with Crippen molar-refractivity contribution in [3.05, 3.63) is 48.3 Å². The van der Waals surface area contributed by atoms with Crippen LogP contribution in [0.15, 0.2) is 47.5 Å². The van der Waals surface area contributed by atoms with Gasteiger partial charge in [0, 0.05) is 23.3 Å². The molecule has 0 saturated carbocycles. The van der Waals surface area contributed by atoms with Crippen LogP contribution in [0.2, 0.25) is 0 Å². The van der Waals surface area contributed by atoms with E-state index >= 15 is 0 Å². The smallest absolute Gasteiger partial charge is 0.264 e. The van der Waals surface area contributed by atoms with Gasteiger partial charge in [-0.2, -0.15) is 5.10 Å². The lowest BCUT2D eigenvalue weighted by atomic mass is 10.0. The zero-order valence-corrected chi connectivity index (χ0v) is 14.5. The normalized spacial score (nSPS) is 13.1. The summed E-state index contributed by atoms with van der Waals surface area (Å²) in [6, 6.07) is 10.7. The highest BCUT2D eigenvalue weighted by Gasteiger charge is 2.18. The number of aromatic nitrogens is 3. The molecular formula is C17H20N4O2S. The molecule has 6 nitrogen and oxygen atoms in total. The molecule has 0 fully saturated rings. The SMILES string of the molecule is CCC[C@H](C)c1cc(NS(=O)(=O)c2cnc3ccccc3c2)n[nH]1. The Labute approximate surface area is 141 Å². The average molecular weight is 344 g/mol. The molecule has 1 atom stereocenters. The van der Waals surface area contributed by atoms with E-state index in [1.54, 1.807) is 12.1 Å². The number of nitrogens with zero attached hydrogens (tertiary/aromatic N) is 2. The molecule has 0 spiro atoms. The highest BCUT2D eigenvalue weighted by Crippen LogP contribution is 2.23. The van der Waals surface area contributed by atoms with E-state index in [4.69, 9.17) is 0 Å².